The largest absolute Gasteiger partial charge is 0.494 e. The minimum atomic E-state index is -0.109. The molecule has 8 heteroatoms. The number of anilines is 2. The number of ketones is 1. The van der Waals surface area contributed by atoms with Crippen molar-refractivity contribution in [3.8, 4) is 17.0 Å². The van der Waals surface area contributed by atoms with Crippen LogP contribution in [0, 0.1) is 13.8 Å². The normalized spacial score (nSPS) is 10.9. The summed E-state index contributed by atoms with van der Waals surface area (Å²) in [6, 6.07) is 12.9. The van der Waals surface area contributed by atoms with Crippen molar-refractivity contribution in [1.29, 1.82) is 0 Å². The Hall–Kier alpha value is -3.58. The fourth-order valence-electron chi connectivity index (χ4n) is 3.54. The summed E-state index contributed by atoms with van der Waals surface area (Å²) in [5.41, 5.74) is 3.92. The third kappa shape index (κ3) is 4.38. The number of fused-ring (bicyclic) bond motifs is 1. The Morgan fingerprint density at radius 1 is 0.969 bits per heavy atom. The van der Waals surface area contributed by atoms with Gasteiger partial charge in [0, 0.05) is 16.0 Å². The maximum absolute atomic E-state index is 12.3. The first-order valence-corrected chi connectivity index (χ1v) is 10.6. The molecule has 7 nitrogen and oxygen atoms in total. The smallest absolute Gasteiger partial charge is 0.230 e. The first kappa shape index (κ1) is 21.6. The van der Waals surface area contributed by atoms with Crippen LogP contribution in [0.15, 0.2) is 42.5 Å². The van der Waals surface area contributed by atoms with Crippen molar-refractivity contribution < 1.29 is 9.53 Å². The zero-order valence-electron chi connectivity index (χ0n) is 18.2. The summed E-state index contributed by atoms with van der Waals surface area (Å²) in [5.74, 6) is 1.35. The van der Waals surface area contributed by atoms with Crippen LogP contribution in [0.2, 0.25) is 5.02 Å². The van der Waals surface area contributed by atoms with Gasteiger partial charge < -0.3 is 4.74 Å². The van der Waals surface area contributed by atoms with Gasteiger partial charge in [0.25, 0.3) is 0 Å². The number of halogens is 1. The average molecular weight is 448 g/mol. The minimum absolute atomic E-state index is 0.109. The highest BCUT2D eigenvalue weighted by Crippen LogP contribution is 2.28. The molecule has 2 aromatic carbocycles. The molecular formula is C24H22ClN5O2. The number of carbonyl (C=O) groups is 1. The van der Waals surface area contributed by atoms with Crippen LogP contribution in [-0.4, -0.2) is 32.3 Å². The van der Waals surface area contributed by atoms with E-state index < -0.39 is 0 Å². The summed E-state index contributed by atoms with van der Waals surface area (Å²) in [4.78, 5) is 30.5. The van der Waals surface area contributed by atoms with Crippen molar-refractivity contribution in [2.45, 2.75) is 27.7 Å². The summed E-state index contributed by atoms with van der Waals surface area (Å²) >= 11 is 6.02. The highest BCUT2D eigenvalue weighted by atomic mass is 35.5. The maximum atomic E-state index is 12.3. The number of carbonyl (C=O) groups excluding carboxylic acids is 1. The number of nitrogens with zero attached hydrogens (tertiary/aromatic N) is 4. The summed E-state index contributed by atoms with van der Waals surface area (Å²) in [5, 5.41) is 4.61. The number of ether oxygens (including phenoxy) is 1. The van der Waals surface area contributed by atoms with Crippen LogP contribution in [0.1, 0.15) is 35.6 Å². The van der Waals surface area contributed by atoms with Gasteiger partial charge in [-0.2, -0.15) is 0 Å². The van der Waals surface area contributed by atoms with E-state index in [2.05, 4.69) is 25.3 Å². The molecule has 0 spiro atoms. The molecule has 4 aromatic rings. The Kier molecular flexibility index (Phi) is 6.01. The SMILES string of the molecule is CCOc1ccc2nc(Nc3nc(C)c(C(C)=O)c(-c4ccc(Cl)cc4)n3)nc(C)c2c1. The van der Waals surface area contributed by atoms with E-state index in [-0.39, 0.29) is 5.78 Å². The van der Waals surface area contributed by atoms with E-state index in [1.165, 1.54) is 6.92 Å². The highest BCUT2D eigenvalue weighted by molar-refractivity contribution is 6.30. The maximum Gasteiger partial charge on any atom is 0.230 e. The van der Waals surface area contributed by atoms with Gasteiger partial charge >= 0.3 is 0 Å². The number of aryl methyl sites for hydroxylation is 2. The Bertz CT molecular complexity index is 1320. The van der Waals surface area contributed by atoms with Crippen molar-refractivity contribution in [2.75, 3.05) is 11.9 Å². The topological polar surface area (TPSA) is 89.9 Å². The fourth-order valence-corrected chi connectivity index (χ4v) is 3.67. The van der Waals surface area contributed by atoms with E-state index in [4.69, 9.17) is 16.3 Å². The van der Waals surface area contributed by atoms with Crippen molar-refractivity contribution in [2.24, 2.45) is 0 Å². The van der Waals surface area contributed by atoms with Gasteiger partial charge in [0.15, 0.2) is 5.78 Å². The second-order valence-corrected chi connectivity index (χ2v) is 7.73. The van der Waals surface area contributed by atoms with Gasteiger partial charge in [-0.3, -0.25) is 10.1 Å². The lowest BCUT2D eigenvalue weighted by Crippen LogP contribution is -2.10. The second-order valence-electron chi connectivity index (χ2n) is 7.29. The Morgan fingerprint density at radius 2 is 1.66 bits per heavy atom. The molecule has 0 radical (unpaired) electrons. The molecule has 0 amide bonds. The fraction of sp³-hybridized carbons (Fsp3) is 0.208. The standard InChI is InChI=1S/C24H22ClN5O2/c1-5-32-18-10-11-20-19(12-18)13(2)26-23(28-20)30-24-27-14(3)21(15(4)31)22(29-24)16-6-8-17(25)9-7-16/h6-12H,5H2,1-4H3,(H,26,27,28,29,30). The predicted molar refractivity (Wildman–Crippen MR) is 126 cm³/mol. The summed E-state index contributed by atoms with van der Waals surface area (Å²) in [7, 11) is 0. The van der Waals surface area contributed by atoms with E-state index in [0.717, 1.165) is 27.9 Å². The van der Waals surface area contributed by atoms with Gasteiger partial charge in [-0.15, -0.1) is 0 Å². The Labute approximate surface area is 190 Å². The third-order valence-electron chi connectivity index (χ3n) is 4.95. The van der Waals surface area contributed by atoms with Crippen LogP contribution in [0.4, 0.5) is 11.9 Å². The first-order chi connectivity index (χ1) is 15.4. The molecule has 0 aliphatic heterocycles. The minimum Gasteiger partial charge on any atom is -0.494 e. The molecule has 0 aliphatic rings. The number of rotatable bonds is 6. The third-order valence-corrected chi connectivity index (χ3v) is 5.20. The van der Waals surface area contributed by atoms with Crippen LogP contribution in [0.5, 0.6) is 5.75 Å². The zero-order chi connectivity index (χ0) is 22.8. The quantitative estimate of drug-likeness (QED) is 0.379. The monoisotopic (exact) mass is 447 g/mol. The molecule has 32 heavy (non-hydrogen) atoms. The number of nitrogens with one attached hydrogen (secondary N) is 1. The lowest BCUT2D eigenvalue weighted by atomic mass is 10.0. The van der Waals surface area contributed by atoms with Crippen molar-refractivity contribution >= 4 is 40.2 Å². The van der Waals surface area contributed by atoms with Crippen LogP contribution >= 0.6 is 11.6 Å². The average Bonchev–Trinajstić information content (AvgIpc) is 2.74. The molecule has 0 fully saturated rings. The molecule has 0 saturated heterocycles. The molecule has 0 atom stereocenters. The lowest BCUT2D eigenvalue weighted by Gasteiger charge is -2.13. The summed E-state index contributed by atoms with van der Waals surface area (Å²) in [6.07, 6.45) is 0. The van der Waals surface area contributed by atoms with E-state index >= 15 is 0 Å². The van der Waals surface area contributed by atoms with Gasteiger partial charge in [-0.25, -0.2) is 19.9 Å². The molecule has 2 aromatic heterocycles. The molecule has 0 aliphatic carbocycles. The van der Waals surface area contributed by atoms with Gasteiger partial charge in [-0.1, -0.05) is 23.7 Å². The van der Waals surface area contributed by atoms with Crippen molar-refractivity contribution in [1.82, 2.24) is 19.9 Å². The lowest BCUT2D eigenvalue weighted by molar-refractivity contribution is 0.101. The predicted octanol–water partition coefficient (Wildman–Crippen LogP) is 5.70. The van der Waals surface area contributed by atoms with E-state index in [1.807, 2.05) is 44.2 Å². The van der Waals surface area contributed by atoms with Crippen LogP contribution < -0.4 is 10.1 Å². The van der Waals surface area contributed by atoms with Gasteiger partial charge in [0.2, 0.25) is 11.9 Å². The molecular weight excluding hydrogens is 426 g/mol. The molecule has 0 saturated carbocycles. The number of benzene rings is 2. The molecule has 162 valence electrons. The van der Waals surface area contributed by atoms with E-state index in [9.17, 15) is 4.79 Å². The molecule has 4 rings (SSSR count). The number of aromatic nitrogens is 4. The van der Waals surface area contributed by atoms with Gasteiger partial charge in [0.1, 0.15) is 5.75 Å². The van der Waals surface area contributed by atoms with Crippen molar-refractivity contribution in [3.63, 3.8) is 0 Å². The van der Waals surface area contributed by atoms with E-state index in [1.54, 1.807) is 19.1 Å². The second kappa shape index (κ2) is 8.88. The Morgan fingerprint density at radius 3 is 2.34 bits per heavy atom. The van der Waals surface area contributed by atoms with Gasteiger partial charge in [0.05, 0.1) is 34.8 Å². The molecule has 1 N–H and O–H groups in total. The highest BCUT2D eigenvalue weighted by Gasteiger charge is 2.18. The van der Waals surface area contributed by atoms with Crippen LogP contribution in [0.25, 0.3) is 22.2 Å². The number of hydrogen-bond donors (Lipinski definition) is 1. The van der Waals surface area contributed by atoms with Crippen LogP contribution in [-0.2, 0) is 0 Å². The van der Waals surface area contributed by atoms with Gasteiger partial charge in [-0.05, 0) is 58.0 Å². The Balaban J connectivity index is 1.76. The number of hydrogen-bond acceptors (Lipinski definition) is 7. The number of Topliss-reactive ketones (excluding diaryl/α,β-unsaturated/α-hetero) is 1. The van der Waals surface area contributed by atoms with Crippen molar-refractivity contribution in [3.05, 3.63) is 64.4 Å². The molecule has 0 bridgehead atoms. The summed E-state index contributed by atoms with van der Waals surface area (Å²) < 4.78 is 5.57. The summed E-state index contributed by atoms with van der Waals surface area (Å²) in [6.45, 7) is 7.73. The molecule has 0 unspecified atom stereocenters. The zero-order valence-corrected chi connectivity index (χ0v) is 19.0. The first-order valence-electron chi connectivity index (χ1n) is 10.2. The molecule has 2 heterocycles. The van der Waals surface area contributed by atoms with Crippen LogP contribution in [0.3, 0.4) is 0 Å². The van der Waals surface area contributed by atoms with E-state index in [0.29, 0.717) is 40.5 Å².